The molecule has 1 unspecified atom stereocenters. The van der Waals surface area contributed by atoms with Crippen LogP contribution >= 0.6 is 0 Å². The summed E-state index contributed by atoms with van der Waals surface area (Å²) in [6, 6.07) is 17.1. The normalized spacial score (nSPS) is 19.3. The zero-order valence-corrected chi connectivity index (χ0v) is 15.0. The van der Waals surface area contributed by atoms with Gasteiger partial charge in [-0.1, -0.05) is 36.4 Å². The van der Waals surface area contributed by atoms with Gasteiger partial charge in [0.2, 0.25) is 0 Å². The second-order valence-electron chi connectivity index (χ2n) is 7.07. The zero-order chi connectivity index (χ0) is 20.2. The Labute approximate surface area is 164 Å². The zero-order valence-electron chi connectivity index (χ0n) is 15.0. The van der Waals surface area contributed by atoms with Gasteiger partial charge in [0.15, 0.2) is 5.60 Å². The van der Waals surface area contributed by atoms with Crippen LogP contribution in [0.25, 0.3) is 0 Å². The molecule has 2 heterocycles. The molecule has 0 amide bonds. The van der Waals surface area contributed by atoms with Gasteiger partial charge in [-0.2, -0.15) is 13.2 Å². The molecule has 0 bridgehead atoms. The minimum Gasteiger partial charge on any atom is -0.872 e. The van der Waals surface area contributed by atoms with Crippen LogP contribution in [0.1, 0.15) is 22.3 Å². The van der Waals surface area contributed by atoms with E-state index in [9.17, 15) is 18.3 Å². The fourth-order valence-corrected chi connectivity index (χ4v) is 4.05. The van der Waals surface area contributed by atoms with Crippen LogP contribution in [-0.4, -0.2) is 12.7 Å². The second kappa shape index (κ2) is 6.15. The Bertz CT molecular complexity index is 1110. The van der Waals surface area contributed by atoms with Crippen molar-refractivity contribution >= 4 is 5.69 Å². The maximum atomic E-state index is 12.6. The lowest BCUT2D eigenvalue weighted by Gasteiger charge is -2.38. The lowest BCUT2D eigenvalue weighted by molar-refractivity contribution is -0.268. The van der Waals surface area contributed by atoms with Gasteiger partial charge in [0.1, 0.15) is 18.0 Å². The van der Waals surface area contributed by atoms with E-state index >= 15 is 0 Å². The Balaban J connectivity index is 1.68. The maximum absolute atomic E-state index is 12.6. The summed E-state index contributed by atoms with van der Waals surface area (Å²) in [4.78, 5) is 0. The minimum atomic E-state index is -4.34. The smallest absolute Gasteiger partial charge is 0.405 e. The van der Waals surface area contributed by atoms with E-state index in [1.54, 1.807) is 18.2 Å². The third kappa shape index (κ3) is 2.81. The molecule has 2 aliphatic rings. The third-order valence-electron chi connectivity index (χ3n) is 5.25. The molecule has 0 radical (unpaired) electrons. The van der Waals surface area contributed by atoms with E-state index in [1.165, 1.54) is 18.2 Å². The molecule has 0 fully saturated rings. The number of anilines is 1. The number of alkyl halides is 3. The van der Waals surface area contributed by atoms with Crippen molar-refractivity contribution in [2.24, 2.45) is 0 Å². The first-order valence-corrected chi connectivity index (χ1v) is 9.04. The summed E-state index contributed by atoms with van der Waals surface area (Å²) in [5.41, 5.74) is 2.62. The number of fused-ring (bicyclic) bond motifs is 6. The topological polar surface area (TPSA) is 53.5 Å². The van der Waals surface area contributed by atoms with E-state index < -0.39 is 18.3 Å². The van der Waals surface area contributed by atoms with Gasteiger partial charge in [-0.3, -0.25) is 0 Å². The molecule has 5 rings (SSSR count). The Morgan fingerprint density at radius 1 is 0.931 bits per heavy atom. The van der Waals surface area contributed by atoms with Crippen LogP contribution in [0.4, 0.5) is 18.9 Å². The molecule has 3 aromatic carbocycles. The molecule has 0 aromatic heterocycles. The Hall–Kier alpha value is -3.19. The summed E-state index contributed by atoms with van der Waals surface area (Å²) in [5.74, 6) is 0.474. The van der Waals surface area contributed by atoms with Crippen molar-refractivity contribution in [2.75, 3.05) is 11.9 Å². The van der Waals surface area contributed by atoms with E-state index in [0.717, 1.165) is 11.1 Å². The first-order valence-electron chi connectivity index (χ1n) is 9.04. The maximum Gasteiger partial charge on any atom is 0.405 e. The van der Waals surface area contributed by atoms with Crippen LogP contribution in [0.5, 0.6) is 17.2 Å². The molecule has 3 aromatic rings. The molecule has 0 saturated heterocycles. The molecule has 7 heteroatoms. The van der Waals surface area contributed by atoms with Crippen LogP contribution in [0.2, 0.25) is 0 Å². The van der Waals surface area contributed by atoms with Crippen molar-refractivity contribution < 1.29 is 27.8 Å². The van der Waals surface area contributed by atoms with E-state index in [1.807, 2.05) is 24.3 Å². The number of rotatable bonds is 2. The van der Waals surface area contributed by atoms with Crippen molar-refractivity contribution in [3.63, 3.8) is 0 Å². The molecule has 0 saturated carbocycles. The second-order valence-corrected chi connectivity index (χ2v) is 7.07. The van der Waals surface area contributed by atoms with Gasteiger partial charge < -0.3 is 19.9 Å². The first-order chi connectivity index (χ1) is 13.9. The highest BCUT2D eigenvalue weighted by Gasteiger charge is 2.49. The predicted molar refractivity (Wildman–Crippen MR) is 98.1 cm³/mol. The van der Waals surface area contributed by atoms with Crippen LogP contribution in [0.15, 0.2) is 60.7 Å². The summed E-state index contributed by atoms with van der Waals surface area (Å²) in [7, 11) is 0. The lowest BCUT2D eigenvalue weighted by Crippen LogP contribution is -2.32. The van der Waals surface area contributed by atoms with Gasteiger partial charge in [0.05, 0.1) is 6.61 Å². The largest absolute Gasteiger partial charge is 0.872 e. The first kappa shape index (κ1) is 17.9. The van der Waals surface area contributed by atoms with E-state index in [2.05, 4.69) is 5.32 Å². The molecule has 2 aliphatic heterocycles. The molecular formula is C22H15F3NO3-. The van der Waals surface area contributed by atoms with Gasteiger partial charge in [0.25, 0.3) is 0 Å². The average Bonchev–Trinajstić information content (AvgIpc) is 3.06. The number of benzene rings is 3. The summed E-state index contributed by atoms with van der Waals surface area (Å²) in [6.07, 6.45) is -4.34. The Kier molecular flexibility index (Phi) is 3.79. The quantitative estimate of drug-likeness (QED) is 0.682. The fourth-order valence-electron chi connectivity index (χ4n) is 4.05. The Morgan fingerprint density at radius 3 is 2.45 bits per heavy atom. The standard InChI is InChI=1S/C22H16F3NO3/c23-21(24,25)12-26-14-5-7-17-19(9-14)29-20-10-15(27)6-8-18(20)22(17)16-4-2-1-3-13(16)11-28-22/h1-10,26-27H,11-12H2/p-1. The monoisotopic (exact) mass is 398 g/mol. The predicted octanol–water partition coefficient (Wildman–Crippen LogP) is 4.66. The van der Waals surface area contributed by atoms with Crippen LogP contribution in [0.3, 0.4) is 0 Å². The molecule has 29 heavy (non-hydrogen) atoms. The summed E-state index contributed by atoms with van der Waals surface area (Å²) >= 11 is 0. The van der Waals surface area contributed by atoms with Crippen molar-refractivity contribution in [3.8, 4) is 17.2 Å². The number of hydrogen-bond donors (Lipinski definition) is 1. The summed E-state index contributed by atoms with van der Waals surface area (Å²) < 4.78 is 50.0. The van der Waals surface area contributed by atoms with Crippen LogP contribution < -0.4 is 15.2 Å². The van der Waals surface area contributed by atoms with Gasteiger partial charge in [-0.05, 0) is 29.3 Å². The molecular weight excluding hydrogens is 383 g/mol. The van der Waals surface area contributed by atoms with Gasteiger partial charge in [-0.15, -0.1) is 5.75 Å². The molecule has 0 aliphatic carbocycles. The summed E-state index contributed by atoms with van der Waals surface area (Å²) in [5, 5.41) is 14.3. The van der Waals surface area contributed by atoms with Crippen molar-refractivity contribution in [1.82, 2.24) is 0 Å². The molecule has 148 valence electrons. The highest BCUT2D eigenvalue weighted by atomic mass is 19.4. The third-order valence-corrected chi connectivity index (χ3v) is 5.25. The lowest BCUT2D eigenvalue weighted by atomic mass is 9.77. The number of ether oxygens (including phenoxy) is 2. The van der Waals surface area contributed by atoms with Crippen molar-refractivity contribution in [3.05, 3.63) is 82.9 Å². The molecule has 1 spiro atoms. The average molecular weight is 398 g/mol. The summed E-state index contributed by atoms with van der Waals surface area (Å²) in [6.45, 7) is -0.778. The molecule has 1 atom stereocenters. The van der Waals surface area contributed by atoms with Crippen LogP contribution in [0, 0.1) is 0 Å². The number of hydrogen-bond acceptors (Lipinski definition) is 4. The fraction of sp³-hybridized carbons (Fsp3) is 0.182. The minimum absolute atomic E-state index is 0.222. The van der Waals surface area contributed by atoms with Gasteiger partial charge in [0, 0.05) is 22.9 Å². The van der Waals surface area contributed by atoms with E-state index in [4.69, 9.17) is 9.47 Å². The van der Waals surface area contributed by atoms with E-state index in [-0.39, 0.29) is 11.4 Å². The highest BCUT2D eigenvalue weighted by Crippen LogP contribution is 2.56. The van der Waals surface area contributed by atoms with Gasteiger partial charge >= 0.3 is 6.18 Å². The van der Waals surface area contributed by atoms with Gasteiger partial charge in [-0.25, -0.2) is 0 Å². The Morgan fingerprint density at radius 2 is 1.66 bits per heavy atom. The highest BCUT2D eigenvalue weighted by molar-refractivity contribution is 5.67. The molecule has 1 N–H and O–H groups in total. The number of halogens is 3. The molecule has 4 nitrogen and oxygen atoms in total. The SMILES string of the molecule is [O-]c1ccc2c(c1)Oc1cc(NCC(F)(F)F)ccc1C21OCc2ccccc21. The van der Waals surface area contributed by atoms with Crippen LogP contribution in [-0.2, 0) is 16.9 Å². The van der Waals surface area contributed by atoms with E-state index in [0.29, 0.717) is 29.2 Å². The van der Waals surface area contributed by atoms with Crippen molar-refractivity contribution in [1.29, 1.82) is 0 Å². The number of nitrogens with one attached hydrogen (secondary N) is 1. The van der Waals surface area contributed by atoms with Crippen molar-refractivity contribution in [2.45, 2.75) is 18.4 Å².